The smallest absolute Gasteiger partial charge is 0.233 e. The molecule has 0 radical (unpaired) electrons. The van der Waals surface area contributed by atoms with Gasteiger partial charge in [0.15, 0.2) is 0 Å². The van der Waals surface area contributed by atoms with Crippen molar-refractivity contribution in [1.29, 1.82) is 0 Å². The first-order chi connectivity index (χ1) is 10.8. The van der Waals surface area contributed by atoms with E-state index in [4.69, 9.17) is 16.7 Å². The first-order valence-corrected chi connectivity index (χ1v) is 9.95. The Bertz CT molecular complexity index is 699. The number of hydrogen-bond donors (Lipinski definition) is 1. The third-order valence-electron chi connectivity index (χ3n) is 5.05. The zero-order chi connectivity index (χ0) is 16.7. The molecule has 0 bridgehead atoms. The van der Waals surface area contributed by atoms with Crippen molar-refractivity contribution in [3.8, 4) is 0 Å². The summed E-state index contributed by atoms with van der Waals surface area (Å²) < 4.78 is 22.5. The van der Waals surface area contributed by atoms with Crippen LogP contribution >= 0.6 is 11.6 Å². The summed E-state index contributed by atoms with van der Waals surface area (Å²) in [5, 5.41) is 5.78. The molecule has 1 amide bonds. The lowest BCUT2D eigenvalue weighted by molar-refractivity contribution is -0.140. The van der Waals surface area contributed by atoms with Gasteiger partial charge in [-0.3, -0.25) is 4.79 Å². The van der Waals surface area contributed by atoms with Gasteiger partial charge in [-0.1, -0.05) is 30.2 Å². The van der Waals surface area contributed by atoms with Gasteiger partial charge in [0.1, 0.15) is 0 Å². The number of halogens is 1. The number of rotatable bonds is 4. The molecule has 1 heterocycles. The first kappa shape index (κ1) is 16.7. The molecule has 126 valence electrons. The van der Waals surface area contributed by atoms with Gasteiger partial charge in [-0.2, -0.15) is 0 Å². The third-order valence-corrected chi connectivity index (χ3v) is 6.24. The molecule has 2 N–H and O–H groups in total. The number of amides is 1. The van der Waals surface area contributed by atoms with Gasteiger partial charge < -0.3 is 4.90 Å². The van der Waals surface area contributed by atoms with Crippen molar-refractivity contribution < 1.29 is 13.2 Å². The summed E-state index contributed by atoms with van der Waals surface area (Å²) in [6.45, 7) is 1.08. The second-order valence-electron chi connectivity index (χ2n) is 6.68. The highest BCUT2D eigenvalue weighted by Crippen LogP contribution is 2.46. The number of benzene rings is 1. The van der Waals surface area contributed by atoms with Crippen molar-refractivity contribution in [2.75, 3.05) is 18.8 Å². The monoisotopic (exact) mass is 356 g/mol. The number of primary sulfonamides is 1. The summed E-state index contributed by atoms with van der Waals surface area (Å²) in [5.41, 5.74) is 0.550. The Morgan fingerprint density at radius 1 is 1.30 bits per heavy atom. The molecule has 0 unspecified atom stereocenters. The number of nitrogens with zero attached hydrogens (tertiary/aromatic N) is 1. The molecular weight excluding hydrogens is 336 g/mol. The molecule has 3 rings (SSSR count). The van der Waals surface area contributed by atoms with Crippen LogP contribution in [0.2, 0.25) is 5.02 Å². The molecule has 2 aliphatic rings. The van der Waals surface area contributed by atoms with Crippen LogP contribution in [0, 0.1) is 5.92 Å². The maximum absolute atomic E-state index is 13.1. The van der Waals surface area contributed by atoms with Crippen LogP contribution in [0.25, 0.3) is 0 Å². The summed E-state index contributed by atoms with van der Waals surface area (Å²) >= 11 is 5.95. The maximum atomic E-state index is 13.1. The Morgan fingerprint density at radius 3 is 2.48 bits per heavy atom. The van der Waals surface area contributed by atoms with E-state index in [1.54, 1.807) is 0 Å². The number of carbonyl (C=O) groups is 1. The van der Waals surface area contributed by atoms with Gasteiger partial charge in [-0.25, -0.2) is 13.6 Å². The van der Waals surface area contributed by atoms with Gasteiger partial charge >= 0.3 is 0 Å². The highest BCUT2D eigenvalue weighted by Gasteiger charge is 2.48. The number of nitrogens with two attached hydrogens (primary N) is 1. The maximum Gasteiger partial charge on any atom is 0.233 e. The third kappa shape index (κ3) is 3.39. The number of sulfonamides is 1. The van der Waals surface area contributed by atoms with Crippen LogP contribution in [-0.2, 0) is 20.2 Å². The predicted octanol–water partition coefficient (Wildman–Crippen LogP) is 1.90. The Balaban J connectivity index is 1.75. The molecule has 0 spiro atoms. The van der Waals surface area contributed by atoms with Crippen LogP contribution in [0.3, 0.4) is 0 Å². The summed E-state index contributed by atoms with van der Waals surface area (Å²) in [7, 11) is -3.49. The summed E-state index contributed by atoms with van der Waals surface area (Å²) in [5.74, 6) is 0.00403. The zero-order valence-corrected chi connectivity index (χ0v) is 14.4. The fourth-order valence-electron chi connectivity index (χ4n) is 3.71. The lowest BCUT2D eigenvalue weighted by Gasteiger charge is -2.43. The van der Waals surface area contributed by atoms with E-state index in [2.05, 4.69) is 0 Å². The standard InChI is InChI=1S/C16H21ClN2O3S/c17-14-4-2-13(3-5-14)16(7-1-8-16)15(20)19-9-6-12(10-19)11-23(18,21)22/h2-5,12H,1,6-11H2,(H2,18,21,22)/t12-/m1/s1. The lowest BCUT2D eigenvalue weighted by atomic mass is 9.63. The van der Waals surface area contributed by atoms with Crippen molar-refractivity contribution in [2.24, 2.45) is 11.1 Å². The van der Waals surface area contributed by atoms with Crippen LogP contribution in [0.4, 0.5) is 0 Å². The number of carbonyl (C=O) groups excluding carboxylic acids is 1. The lowest BCUT2D eigenvalue weighted by Crippen LogP contribution is -2.50. The van der Waals surface area contributed by atoms with Gasteiger partial charge in [0.2, 0.25) is 15.9 Å². The summed E-state index contributed by atoms with van der Waals surface area (Å²) in [6, 6.07) is 7.49. The molecule has 7 heteroatoms. The average Bonchev–Trinajstić information content (AvgIpc) is 2.85. The summed E-state index contributed by atoms with van der Waals surface area (Å²) in [4.78, 5) is 14.9. The van der Waals surface area contributed by atoms with E-state index in [0.717, 1.165) is 24.8 Å². The quantitative estimate of drug-likeness (QED) is 0.894. The van der Waals surface area contributed by atoms with Crippen molar-refractivity contribution in [3.63, 3.8) is 0 Å². The Hall–Kier alpha value is -1.11. The minimum atomic E-state index is -3.49. The molecule has 1 aromatic rings. The largest absolute Gasteiger partial charge is 0.342 e. The van der Waals surface area contributed by atoms with E-state index < -0.39 is 15.4 Å². The van der Waals surface area contributed by atoms with Crippen molar-refractivity contribution in [1.82, 2.24) is 4.90 Å². The normalized spacial score (nSPS) is 23.6. The molecule has 1 saturated heterocycles. The Labute approximate surface area is 141 Å². The van der Waals surface area contributed by atoms with Crippen molar-refractivity contribution in [2.45, 2.75) is 31.1 Å². The second-order valence-corrected chi connectivity index (χ2v) is 8.77. The van der Waals surface area contributed by atoms with E-state index in [9.17, 15) is 13.2 Å². The van der Waals surface area contributed by atoms with Gasteiger partial charge in [0.25, 0.3) is 0 Å². The highest BCUT2D eigenvalue weighted by molar-refractivity contribution is 7.89. The minimum Gasteiger partial charge on any atom is -0.342 e. The molecule has 5 nitrogen and oxygen atoms in total. The fourth-order valence-corrected chi connectivity index (χ4v) is 4.76. The van der Waals surface area contributed by atoms with E-state index in [0.29, 0.717) is 24.5 Å². The van der Waals surface area contributed by atoms with Gasteiger partial charge in [0.05, 0.1) is 11.2 Å². The van der Waals surface area contributed by atoms with Crippen molar-refractivity contribution in [3.05, 3.63) is 34.9 Å². The van der Waals surface area contributed by atoms with Gasteiger partial charge in [-0.05, 0) is 42.9 Å². The predicted molar refractivity (Wildman–Crippen MR) is 89.6 cm³/mol. The van der Waals surface area contributed by atoms with Crippen LogP contribution in [0.5, 0.6) is 0 Å². The molecular formula is C16H21ClN2O3S. The van der Waals surface area contributed by atoms with Crippen LogP contribution in [0.15, 0.2) is 24.3 Å². The molecule has 2 fully saturated rings. The molecule has 23 heavy (non-hydrogen) atoms. The topological polar surface area (TPSA) is 80.5 Å². The molecule has 1 saturated carbocycles. The van der Waals surface area contributed by atoms with Crippen LogP contribution in [-0.4, -0.2) is 38.1 Å². The van der Waals surface area contributed by atoms with Gasteiger partial charge in [-0.15, -0.1) is 0 Å². The highest BCUT2D eigenvalue weighted by atomic mass is 35.5. The Kier molecular flexibility index (Phi) is 4.42. The SMILES string of the molecule is NS(=O)(=O)C[C@@H]1CCN(C(=O)C2(c3ccc(Cl)cc3)CCC2)C1. The molecule has 1 atom stereocenters. The van der Waals surface area contributed by atoms with Crippen LogP contribution < -0.4 is 5.14 Å². The first-order valence-electron chi connectivity index (χ1n) is 7.86. The molecule has 1 aliphatic heterocycles. The van der Waals surface area contributed by atoms with E-state index >= 15 is 0 Å². The number of hydrogen-bond acceptors (Lipinski definition) is 3. The van der Waals surface area contributed by atoms with Gasteiger partial charge in [0, 0.05) is 18.1 Å². The fraction of sp³-hybridized carbons (Fsp3) is 0.562. The van der Waals surface area contributed by atoms with E-state index in [1.807, 2.05) is 29.2 Å². The second kappa shape index (κ2) is 6.07. The zero-order valence-electron chi connectivity index (χ0n) is 12.9. The molecule has 1 aliphatic carbocycles. The summed E-state index contributed by atoms with van der Waals surface area (Å²) in [6.07, 6.45) is 3.40. The van der Waals surface area contributed by atoms with Crippen LogP contribution in [0.1, 0.15) is 31.2 Å². The minimum absolute atomic E-state index is 0.0509. The molecule has 0 aromatic heterocycles. The average molecular weight is 357 g/mol. The number of likely N-dealkylation sites (tertiary alicyclic amines) is 1. The Morgan fingerprint density at radius 2 is 1.96 bits per heavy atom. The van der Waals surface area contributed by atoms with E-state index in [-0.39, 0.29) is 17.6 Å². The van der Waals surface area contributed by atoms with Crippen molar-refractivity contribution >= 4 is 27.5 Å². The van der Waals surface area contributed by atoms with E-state index in [1.165, 1.54) is 0 Å². The molecule has 1 aromatic carbocycles.